The molecule has 0 aliphatic heterocycles. The van der Waals surface area contributed by atoms with Crippen LogP contribution in [-0.2, 0) is 6.54 Å². The molecule has 118 valence electrons. The third kappa shape index (κ3) is 3.44. The van der Waals surface area contributed by atoms with E-state index in [4.69, 9.17) is 27.9 Å². The standard InChI is InChI=1S/C17H13Cl2NO2S/c1-22-12-6-7-14-13(8-12)15(19)16(23-14)17(21)20-9-10-2-4-11(18)5-3-10/h2-8H,9H2,1H3,(H,20,21). The van der Waals surface area contributed by atoms with Gasteiger partial charge < -0.3 is 10.1 Å². The highest BCUT2D eigenvalue weighted by Gasteiger charge is 2.17. The third-order valence-corrected chi connectivity index (χ3v) is 5.33. The minimum atomic E-state index is -0.190. The first-order chi connectivity index (χ1) is 11.1. The molecule has 0 saturated heterocycles. The second kappa shape index (κ2) is 6.79. The summed E-state index contributed by atoms with van der Waals surface area (Å²) in [6, 6.07) is 12.9. The molecule has 3 nitrogen and oxygen atoms in total. The first-order valence-corrected chi connectivity index (χ1v) is 8.44. The average molecular weight is 366 g/mol. The predicted octanol–water partition coefficient (Wildman–Crippen LogP) is 5.15. The lowest BCUT2D eigenvalue weighted by Crippen LogP contribution is -2.22. The Kier molecular flexibility index (Phi) is 4.76. The summed E-state index contributed by atoms with van der Waals surface area (Å²) < 4.78 is 6.15. The van der Waals surface area contributed by atoms with Gasteiger partial charge in [-0.3, -0.25) is 4.79 Å². The summed E-state index contributed by atoms with van der Waals surface area (Å²) in [5.41, 5.74) is 0.974. The molecule has 0 aliphatic rings. The first kappa shape index (κ1) is 16.1. The van der Waals surface area contributed by atoms with E-state index >= 15 is 0 Å². The summed E-state index contributed by atoms with van der Waals surface area (Å²) in [4.78, 5) is 12.9. The van der Waals surface area contributed by atoms with Gasteiger partial charge in [0, 0.05) is 21.7 Å². The molecule has 6 heteroatoms. The van der Waals surface area contributed by atoms with Gasteiger partial charge in [-0.2, -0.15) is 0 Å². The molecule has 1 heterocycles. The summed E-state index contributed by atoms with van der Waals surface area (Å²) in [5.74, 6) is 0.524. The number of halogens is 2. The lowest BCUT2D eigenvalue weighted by molar-refractivity contribution is 0.0955. The molecule has 3 aromatic rings. The normalized spacial score (nSPS) is 10.7. The molecular weight excluding hydrogens is 353 g/mol. The molecule has 1 amide bonds. The maximum atomic E-state index is 12.4. The number of hydrogen-bond acceptors (Lipinski definition) is 3. The monoisotopic (exact) mass is 365 g/mol. The molecule has 0 radical (unpaired) electrons. The van der Waals surface area contributed by atoms with E-state index < -0.39 is 0 Å². The van der Waals surface area contributed by atoms with Gasteiger partial charge in [0.25, 0.3) is 5.91 Å². The molecule has 1 aromatic heterocycles. The number of fused-ring (bicyclic) bond motifs is 1. The summed E-state index contributed by atoms with van der Waals surface area (Å²) in [6.45, 7) is 0.421. The van der Waals surface area contributed by atoms with Gasteiger partial charge in [-0.1, -0.05) is 35.3 Å². The zero-order valence-corrected chi connectivity index (χ0v) is 14.6. The summed E-state index contributed by atoms with van der Waals surface area (Å²) in [7, 11) is 1.60. The van der Waals surface area contributed by atoms with Crippen LogP contribution in [-0.4, -0.2) is 13.0 Å². The highest BCUT2D eigenvalue weighted by atomic mass is 35.5. The van der Waals surface area contributed by atoms with Crippen LogP contribution in [0.25, 0.3) is 10.1 Å². The Morgan fingerprint density at radius 2 is 1.91 bits per heavy atom. The molecule has 0 bridgehead atoms. The number of nitrogens with one attached hydrogen (secondary N) is 1. The van der Waals surface area contributed by atoms with Crippen molar-refractivity contribution in [1.82, 2.24) is 5.32 Å². The van der Waals surface area contributed by atoms with E-state index in [0.717, 1.165) is 15.6 Å². The molecular formula is C17H13Cl2NO2S. The number of carbonyl (C=O) groups is 1. The molecule has 0 atom stereocenters. The van der Waals surface area contributed by atoms with Crippen molar-refractivity contribution in [3.8, 4) is 5.75 Å². The number of hydrogen-bond donors (Lipinski definition) is 1. The van der Waals surface area contributed by atoms with Gasteiger partial charge in [0.05, 0.1) is 12.1 Å². The van der Waals surface area contributed by atoms with E-state index in [1.54, 1.807) is 19.2 Å². The lowest BCUT2D eigenvalue weighted by Gasteiger charge is -2.04. The Morgan fingerprint density at radius 1 is 1.17 bits per heavy atom. The zero-order chi connectivity index (χ0) is 16.4. The predicted molar refractivity (Wildman–Crippen MR) is 96.0 cm³/mol. The van der Waals surface area contributed by atoms with Crippen LogP contribution in [0.2, 0.25) is 10.0 Å². The van der Waals surface area contributed by atoms with Gasteiger partial charge in [0.2, 0.25) is 0 Å². The van der Waals surface area contributed by atoms with Crippen LogP contribution in [0.1, 0.15) is 15.2 Å². The van der Waals surface area contributed by atoms with Gasteiger partial charge in [-0.25, -0.2) is 0 Å². The summed E-state index contributed by atoms with van der Waals surface area (Å²) in [5, 5.41) is 4.83. The number of rotatable bonds is 4. The second-order valence-electron chi connectivity index (χ2n) is 4.92. The Morgan fingerprint density at radius 3 is 2.61 bits per heavy atom. The van der Waals surface area contributed by atoms with Crippen molar-refractivity contribution in [3.05, 3.63) is 63.0 Å². The number of ether oxygens (including phenoxy) is 1. The van der Waals surface area contributed by atoms with Crippen LogP contribution in [0.4, 0.5) is 0 Å². The van der Waals surface area contributed by atoms with Crippen molar-refractivity contribution >= 4 is 50.5 Å². The van der Waals surface area contributed by atoms with E-state index in [1.165, 1.54) is 11.3 Å². The number of benzene rings is 2. The Bertz CT molecular complexity index is 859. The SMILES string of the molecule is COc1ccc2sc(C(=O)NCc3ccc(Cl)cc3)c(Cl)c2c1. The van der Waals surface area contributed by atoms with E-state index in [2.05, 4.69) is 5.32 Å². The molecule has 2 aromatic carbocycles. The van der Waals surface area contributed by atoms with Crippen LogP contribution < -0.4 is 10.1 Å². The van der Waals surface area contributed by atoms with Crippen molar-refractivity contribution in [2.45, 2.75) is 6.54 Å². The van der Waals surface area contributed by atoms with Gasteiger partial charge in [0.1, 0.15) is 10.6 Å². The lowest BCUT2D eigenvalue weighted by atomic mass is 10.2. The van der Waals surface area contributed by atoms with Crippen molar-refractivity contribution < 1.29 is 9.53 Å². The van der Waals surface area contributed by atoms with Crippen LogP contribution >= 0.6 is 34.5 Å². The molecule has 3 rings (SSSR count). The van der Waals surface area contributed by atoms with Crippen LogP contribution in [0.3, 0.4) is 0 Å². The molecule has 23 heavy (non-hydrogen) atoms. The van der Waals surface area contributed by atoms with Crippen LogP contribution in [0, 0.1) is 0 Å². The van der Waals surface area contributed by atoms with Gasteiger partial charge in [0.15, 0.2) is 0 Å². The van der Waals surface area contributed by atoms with Gasteiger partial charge >= 0.3 is 0 Å². The fourth-order valence-electron chi connectivity index (χ4n) is 2.18. The average Bonchev–Trinajstić information content (AvgIpc) is 2.90. The number of amides is 1. The topological polar surface area (TPSA) is 38.3 Å². The van der Waals surface area contributed by atoms with E-state index in [-0.39, 0.29) is 5.91 Å². The minimum absolute atomic E-state index is 0.190. The van der Waals surface area contributed by atoms with Crippen LogP contribution in [0.5, 0.6) is 5.75 Å². The molecule has 0 spiro atoms. The van der Waals surface area contributed by atoms with E-state index in [9.17, 15) is 4.79 Å². The Balaban J connectivity index is 1.80. The largest absolute Gasteiger partial charge is 0.497 e. The molecule has 0 aliphatic carbocycles. The highest BCUT2D eigenvalue weighted by Crippen LogP contribution is 2.37. The molecule has 0 unspecified atom stereocenters. The first-order valence-electron chi connectivity index (χ1n) is 6.87. The van der Waals surface area contributed by atoms with Crippen LogP contribution in [0.15, 0.2) is 42.5 Å². The van der Waals surface area contributed by atoms with Gasteiger partial charge in [-0.05, 0) is 35.9 Å². The second-order valence-corrected chi connectivity index (χ2v) is 6.78. The maximum absolute atomic E-state index is 12.4. The minimum Gasteiger partial charge on any atom is -0.497 e. The number of methoxy groups -OCH3 is 1. The van der Waals surface area contributed by atoms with Crippen molar-refractivity contribution in [2.24, 2.45) is 0 Å². The maximum Gasteiger partial charge on any atom is 0.263 e. The summed E-state index contributed by atoms with van der Waals surface area (Å²) >= 11 is 13.6. The molecule has 0 saturated carbocycles. The van der Waals surface area contributed by atoms with Gasteiger partial charge in [-0.15, -0.1) is 11.3 Å². The van der Waals surface area contributed by atoms with Crippen molar-refractivity contribution in [3.63, 3.8) is 0 Å². The van der Waals surface area contributed by atoms with E-state index in [1.807, 2.05) is 30.3 Å². The molecule has 0 fully saturated rings. The smallest absolute Gasteiger partial charge is 0.263 e. The van der Waals surface area contributed by atoms with Crippen molar-refractivity contribution in [2.75, 3.05) is 7.11 Å². The fourth-order valence-corrected chi connectivity index (χ4v) is 3.72. The highest BCUT2D eigenvalue weighted by molar-refractivity contribution is 7.21. The number of carbonyl (C=O) groups excluding carboxylic acids is 1. The quantitative estimate of drug-likeness (QED) is 0.694. The zero-order valence-electron chi connectivity index (χ0n) is 12.2. The summed E-state index contributed by atoms with van der Waals surface area (Å²) in [6.07, 6.45) is 0. The fraction of sp³-hybridized carbons (Fsp3) is 0.118. The third-order valence-electron chi connectivity index (χ3n) is 3.41. The van der Waals surface area contributed by atoms with E-state index in [0.29, 0.717) is 27.2 Å². The molecule has 1 N–H and O–H groups in total. The number of thiophene rings is 1. The van der Waals surface area contributed by atoms with Crippen molar-refractivity contribution in [1.29, 1.82) is 0 Å². The Labute approximate surface area is 147 Å². The Hall–Kier alpha value is -1.75.